The van der Waals surface area contributed by atoms with Gasteiger partial charge in [0.25, 0.3) is 0 Å². The van der Waals surface area contributed by atoms with Crippen molar-refractivity contribution < 1.29 is 86.2 Å². The van der Waals surface area contributed by atoms with E-state index in [1.807, 2.05) is 24.3 Å². The van der Waals surface area contributed by atoms with Gasteiger partial charge in [-0.1, -0.05) is 60.7 Å². The molecule has 0 atom stereocenters. The van der Waals surface area contributed by atoms with E-state index in [0.717, 1.165) is 67.9 Å². The van der Waals surface area contributed by atoms with Crippen LogP contribution in [0.4, 0.5) is 0 Å². The number of phenols is 4. The zero-order valence-electron chi connectivity index (χ0n) is 28.1. The van der Waals surface area contributed by atoms with Crippen molar-refractivity contribution in [3.8, 4) is 23.0 Å². The number of carboxylic acids is 2. The summed E-state index contributed by atoms with van der Waals surface area (Å²) in [5.41, 5.74) is 2.76. The molecule has 4 N–H and O–H groups in total. The van der Waals surface area contributed by atoms with E-state index in [9.17, 15) is 19.8 Å². The molecule has 4 aromatic heterocycles. The number of carboxylic acid groups (broad SMARTS) is 2. The van der Waals surface area contributed by atoms with Gasteiger partial charge in [0.15, 0.2) is 0 Å². The largest absolute Gasteiger partial charge is 3.00 e. The molecule has 0 unspecified atom stereocenters. The van der Waals surface area contributed by atoms with E-state index in [-0.39, 0.29) is 40.8 Å². The number of aromatic nitrogens is 4. The van der Waals surface area contributed by atoms with E-state index in [0.29, 0.717) is 0 Å². The molecule has 0 spiro atoms. The second kappa shape index (κ2) is 20.5. The van der Waals surface area contributed by atoms with Crippen molar-refractivity contribution in [2.45, 2.75) is 0 Å². The Labute approximate surface area is 342 Å². The molecule has 0 aliphatic heterocycles. The first kappa shape index (κ1) is 42.6. The molecule has 273 valence electrons. The van der Waals surface area contributed by atoms with Gasteiger partial charge in [0.1, 0.15) is 23.0 Å². The standard InChI is InChI=1S/2C12H8N2.2C7H6O4.NO3.Nd/c2*1-3-9-5-6-10-4-2-8-14-12(10)11(9)13-7-1;2*8-4-2-1-3-5(9)6(4)7(10)11;2-1(3)4;/h2*1-8H;2*1-3,8-9H,(H,10,11);;/q;;;;-1;+3/p-2. The van der Waals surface area contributed by atoms with Crippen LogP contribution in [0.2, 0.25) is 0 Å². The number of aromatic hydroxyl groups is 4. The Kier molecular flexibility index (Phi) is 15.8. The van der Waals surface area contributed by atoms with Gasteiger partial charge in [-0.05, 0) is 48.5 Å². The van der Waals surface area contributed by atoms with Crippen molar-refractivity contribution in [1.29, 1.82) is 0 Å². The first-order valence-corrected chi connectivity index (χ1v) is 15.3. The second-order valence-electron chi connectivity index (χ2n) is 10.6. The van der Waals surface area contributed by atoms with Gasteiger partial charge in [0, 0.05) is 46.3 Å². The minimum Gasteiger partial charge on any atom is -0.545 e. The molecule has 0 saturated heterocycles. The Morgan fingerprint density at radius 1 is 0.436 bits per heavy atom. The molecule has 4 heterocycles. The van der Waals surface area contributed by atoms with Crippen molar-refractivity contribution in [3.63, 3.8) is 0 Å². The fraction of sp³-hybridized carbons (Fsp3) is 0. The molecule has 4 aromatic carbocycles. The summed E-state index contributed by atoms with van der Waals surface area (Å²) >= 11 is 0. The van der Waals surface area contributed by atoms with E-state index in [2.05, 4.69) is 68.5 Å². The minimum atomic E-state index is -1.75. The summed E-state index contributed by atoms with van der Waals surface area (Å²) in [5.74, 6) is -5.17. The summed E-state index contributed by atoms with van der Waals surface area (Å²) < 4.78 is 0. The Morgan fingerprint density at radius 3 is 0.836 bits per heavy atom. The number of carbonyl (C=O) groups is 2. The molecule has 16 nitrogen and oxygen atoms in total. The summed E-state index contributed by atoms with van der Waals surface area (Å²) in [6.07, 6.45) is 7.21. The number of rotatable bonds is 2. The number of hydrogen-bond donors (Lipinski definition) is 4. The van der Waals surface area contributed by atoms with Crippen LogP contribution in [-0.4, -0.2) is 57.4 Å². The normalized spacial score (nSPS) is 9.75. The predicted molar refractivity (Wildman–Crippen MR) is 193 cm³/mol. The zero-order valence-corrected chi connectivity index (χ0v) is 31.3. The van der Waals surface area contributed by atoms with Crippen LogP contribution in [0.25, 0.3) is 43.6 Å². The van der Waals surface area contributed by atoms with Crippen LogP contribution in [-0.2, 0) is 0 Å². The number of fused-ring (bicyclic) bond motifs is 6. The van der Waals surface area contributed by atoms with Crippen LogP contribution in [0.3, 0.4) is 0 Å². The summed E-state index contributed by atoms with van der Waals surface area (Å²) in [6, 6.07) is 31.6. The first-order valence-electron chi connectivity index (χ1n) is 15.3. The Bertz CT molecular complexity index is 2270. The number of hydrogen-bond acceptors (Lipinski definition) is 15. The molecule has 55 heavy (non-hydrogen) atoms. The van der Waals surface area contributed by atoms with Crippen LogP contribution >= 0.6 is 0 Å². The molecule has 0 fully saturated rings. The molecular formula is C38H26N5NdO11. The molecule has 0 aliphatic rings. The van der Waals surface area contributed by atoms with Crippen LogP contribution in [0.5, 0.6) is 23.0 Å². The van der Waals surface area contributed by atoms with Gasteiger partial charge < -0.3 is 55.5 Å². The summed E-state index contributed by atoms with van der Waals surface area (Å²) in [5, 5.41) is 75.2. The number of aromatic carboxylic acids is 2. The Morgan fingerprint density at radius 2 is 0.655 bits per heavy atom. The van der Waals surface area contributed by atoms with Crippen molar-refractivity contribution in [1.82, 2.24) is 19.9 Å². The summed E-state index contributed by atoms with van der Waals surface area (Å²) in [6.45, 7) is 0. The third kappa shape index (κ3) is 11.6. The number of nitrogens with zero attached hydrogens (tertiary/aromatic N) is 5. The third-order valence-corrected chi connectivity index (χ3v) is 7.14. The molecule has 0 aliphatic carbocycles. The Balaban J connectivity index is 0.000000191. The average Bonchev–Trinajstić information content (AvgIpc) is 3.15. The van der Waals surface area contributed by atoms with Gasteiger partial charge in [-0.3, -0.25) is 19.9 Å². The maximum absolute atomic E-state index is 10.2. The molecule has 8 aromatic rings. The Hall–Kier alpha value is -6.79. The summed E-state index contributed by atoms with van der Waals surface area (Å²) in [7, 11) is 0. The SMILES string of the molecule is O=C([O-])c1c(O)cccc1O.O=C([O-])c1c(O)cccc1O.O=[N+]([O-])[O-].[Nd+3].c1cnc2c(c1)ccc1cccnc12.c1cnc2c(c1)ccc1cccnc12. The monoisotopic (exact) mass is 870 g/mol. The van der Waals surface area contributed by atoms with Gasteiger partial charge >= 0.3 is 40.8 Å². The molecular weight excluding hydrogens is 847 g/mol. The fourth-order valence-electron chi connectivity index (χ4n) is 4.83. The minimum absolute atomic E-state index is 0. The van der Waals surface area contributed by atoms with Crippen LogP contribution in [0.15, 0.2) is 134 Å². The number of benzene rings is 4. The first-order chi connectivity index (χ1) is 25.9. The van der Waals surface area contributed by atoms with Crippen molar-refractivity contribution >= 4 is 55.6 Å². The van der Waals surface area contributed by atoms with Crippen LogP contribution < -0.4 is 10.2 Å². The maximum atomic E-state index is 10.2. The van der Waals surface area contributed by atoms with E-state index in [1.54, 1.807) is 24.8 Å². The van der Waals surface area contributed by atoms with Crippen molar-refractivity contribution in [3.05, 3.63) is 160 Å². The topological polar surface area (TPSA) is 279 Å². The average molecular weight is 873 g/mol. The fourth-order valence-corrected chi connectivity index (χ4v) is 4.83. The molecule has 1 radical (unpaired) electrons. The van der Waals surface area contributed by atoms with E-state index >= 15 is 0 Å². The predicted octanol–water partition coefficient (Wildman–Crippen LogP) is 4.25. The van der Waals surface area contributed by atoms with Gasteiger partial charge in [0.05, 0.1) is 50.2 Å². The molecule has 0 bridgehead atoms. The number of pyridine rings is 4. The molecule has 17 heteroatoms. The van der Waals surface area contributed by atoms with Crippen molar-refractivity contribution in [2.24, 2.45) is 0 Å². The smallest absolute Gasteiger partial charge is 0.545 e. The van der Waals surface area contributed by atoms with E-state index < -0.39 is 51.2 Å². The molecule has 8 rings (SSSR count). The van der Waals surface area contributed by atoms with Gasteiger partial charge in [-0.25, -0.2) is 0 Å². The maximum Gasteiger partial charge on any atom is 3.00 e. The number of carbonyl (C=O) groups excluding carboxylic acids is 2. The third-order valence-electron chi connectivity index (χ3n) is 7.14. The second-order valence-corrected chi connectivity index (χ2v) is 10.6. The van der Waals surface area contributed by atoms with Gasteiger partial charge in [0.2, 0.25) is 0 Å². The van der Waals surface area contributed by atoms with E-state index in [4.69, 9.17) is 35.7 Å². The van der Waals surface area contributed by atoms with Gasteiger partial charge in [-0.15, -0.1) is 0 Å². The summed E-state index contributed by atoms with van der Waals surface area (Å²) in [4.78, 5) is 46.1. The van der Waals surface area contributed by atoms with E-state index in [1.165, 1.54) is 12.1 Å². The quantitative estimate of drug-likeness (QED) is 0.107. The van der Waals surface area contributed by atoms with Gasteiger partial charge in [-0.2, -0.15) is 0 Å². The molecule has 0 amide bonds. The molecule has 0 saturated carbocycles. The zero-order chi connectivity index (χ0) is 39.2. The van der Waals surface area contributed by atoms with Crippen LogP contribution in [0.1, 0.15) is 20.7 Å². The van der Waals surface area contributed by atoms with Crippen LogP contribution in [0, 0.1) is 56.2 Å². The van der Waals surface area contributed by atoms with Crippen molar-refractivity contribution in [2.75, 3.05) is 0 Å².